The molecule has 8 nitrogen and oxygen atoms in total. The Morgan fingerprint density at radius 1 is 1.16 bits per heavy atom. The molecule has 1 aliphatic rings. The highest BCUT2D eigenvalue weighted by Gasteiger charge is 2.30. The highest BCUT2D eigenvalue weighted by molar-refractivity contribution is 5.74. The van der Waals surface area contributed by atoms with Crippen molar-refractivity contribution in [3.05, 3.63) is 76.0 Å². The molecular weight excluding hydrogens is 394 g/mol. The number of rotatable bonds is 7. The van der Waals surface area contributed by atoms with E-state index in [0.717, 1.165) is 29.8 Å². The van der Waals surface area contributed by atoms with E-state index in [2.05, 4.69) is 15.3 Å². The van der Waals surface area contributed by atoms with Gasteiger partial charge in [0.1, 0.15) is 5.82 Å². The number of benzene rings is 2. The maximum Gasteiger partial charge on any atom is 0.270 e. The molecule has 0 aliphatic heterocycles. The van der Waals surface area contributed by atoms with Crippen LogP contribution in [0.1, 0.15) is 31.0 Å². The third-order valence-corrected chi connectivity index (χ3v) is 5.14. The van der Waals surface area contributed by atoms with Gasteiger partial charge < -0.3 is 10.2 Å². The predicted octanol–water partition coefficient (Wildman–Crippen LogP) is 4.61. The second kappa shape index (κ2) is 8.51. The quantitative estimate of drug-likeness (QED) is 0.445. The van der Waals surface area contributed by atoms with Crippen LogP contribution in [0, 0.1) is 17.0 Å². The largest absolute Gasteiger partial charge is 0.340 e. The zero-order valence-electron chi connectivity index (χ0n) is 17.4. The first-order valence-corrected chi connectivity index (χ1v) is 10.1. The molecule has 3 aromatic rings. The number of hydrogen-bond acceptors (Lipinski definition) is 6. The van der Waals surface area contributed by atoms with E-state index < -0.39 is 4.92 Å². The number of carbonyl (C=O) groups excluding carboxylic acids is 1. The van der Waals surface area contributed by atoms with E-state index in [1.54, 1.807) is 19.1 Å². The molecule has 4 rings (SSSR count). The minimum Gasteiger partial charge on any atom is -0.340 e. The van der Waals surface area contributed by atoms with Crippen LogP contribution in [0.25, 0.3) is 11.4 Å². The molecule has 158 valence electrons. The lowest BCUT2D eigenvalue weighted by Gasteiger charge is -2.20. The van der Waals surface area contributed by atoms with Crippen LogP contribution in [-0.2, 0) is 11.3 Å². The number of carbonyl (C=O) groups is 1. The Labute approximate surface area is 180 Å². The molecule has 1 aromatic heterocycles. The van der Waals surface area contributed by atoms with Gasteiger partial charge in [-0.2, -0.15) is 0 Å². The van der Waals surface area contributed by atoms with E-state index in [1.807, 2.05) is 42.2 Å². The average molecular weight is 417 g/mol. The van der Waals surface area contributed by atoms with Crippen molar-refractivity contribution in [3.63, 3.8) is 0 Å². The lowest BCUT2D eigenvalue weighted by molar-refractivity contribution is -0.384. The first-order valence-electron chi connectivity index (χ1n) is 10.1. The third-order valence-electron chi connectivity index (χ3n) is 5.14. The fraction of sp³-hybridized carbons (Fsp3) is 0.261. The van der Waals surface area contributed by atoms with E-state index >= 15 is 0 Å². The highest BCUT2D eigenvalue weighted by atomic mass is 16.6. The summed E-state index contributed by atoms with van der Waals surface area (Å²) in [6.07, 6.45) is 2.17. The van der Waals surface area contributed by atoms with Gasteiger partial charge in [0.25, 0.3) is 5.69 Å². The summed E-state index contributed by atoms with van der Waals surface area (Å²) in [6, 6.07) is 16.4. The number of aromatic nitrogens is 2. The van der Waals surface area contributed by atoms with Crippen LogP contribution in [-0.4, -0.2) is 31.7 Å². The average Bonchev–Trinajstić information content (AvgIpc) is 3.58. The van der Waals surface area contributed by atoms with Crippen molar-refractivity contribution in [1.29, 1.82) is 0 Å². The topological polar surface area (TPSA) is 101 Å². The molecular formula is C23H23N5O3. The van der Waals surface area contributed by atoms with Crippen LogP contribution in [0.15, 0.2) is 54.6 Å². The first-order chi connectivity index (χ1) is 14.9. The highest BCUT2D eigenvalue weighted by Crippen LogP contribution is 2.29. The Balaban J connectivity index is 1.51. The van der Waals surface area contributed by atoms with Crippen molar-refractivity contribution in [2.45, 2.75) is 39.3 Å². The van der Waals surface area contributed by atoms with E-state index in [-0.39, 0.29) is 11.6 Å². The van der Waals surface area contributed by atoms with Gasteiger partial charge in [-0.05, 0) is 37.5 Å². The standard InChI is InChI=1S/C23H23N5O3/c1-15-12-22(26-23(24-15)18-4-3-5-21(13-18)28(30)31)25-19-8-6-17(7-9-19)14-27(16(2)29)20-10-11-20/h3-9,12-13,20H,10-11,14H2,1-2H3,(H,24,25,26). The Bertz CT molecular complexity index is 1130. The fourth-order valence-electron chi connectivity index (χ4n) is 3.44. The van der Waals surface area contributed by atoms with Crippen molar-refractivity contribution in [3.8, 4) is 11.4 Å². The molecule has 0 spiro atoms. The van der Waals surface area contributed by atoms with Gasteiger partial charge in [0.15, 0.2) is 5.82 Å². The summed E-state index contributed by atoms with van der Waals surface area (Å²) in [4.78, 5) is 33.3. The van der Waals surface area contributed by atoms with E-state index in [9.17, 15) is 14.9 Å². The summed E-state index contributed by atoms with van der Waals surface area (Å²) in [6.45, 7) is 4.08. The number of aryl methyl sites for hydroxylation is 1. The van der Waals surface area contributed by atoms with Gasteiger partial charge in [0.2, 0.25) is 5.91 Å². The summed E-state index contributed by atoms with van der Waals surface area (Å²) in [5, 5.41) is 14.3. The maximum atomic E-state index is 11.8. The zero-order chi connectivity index (χ0) is 22.0. The van der Waals surface area contributed by atoms with Crippen molar-refractivity contribution < 1.29 is 9.72 Å². The van der Waals surface area contributed by atoms with Crippen LogP contribution in [0.5, 0.6) is 0 Å². The van der Waals surface area contributed by atoms with Crippen LogP contribution >= 0.6 is 0 Å². The predicted molar refractivity (Wildman–Crippen MR) is 118 cm³/mol. The fourth-order valence-corrected chi connectivity index (χ4v) is 3.44. The third kappa shape index (κ3) is 5.03. The minimum absolute atomic E-state index is 0.00138. The van der Waals surface area contributed by atoms with E-state index in [4.69, 9.17) is 0 Å². The monoisotopic (exact) mass is 417 g/mol. The number of nitrogens with one attached hydrogen (secondary N) is 1. The lowest BCUT2D eigenvalue weighted by Crippen LogP contribution is -2.30. The van der Waals surface area contributed by atoms with Crippen LogP contribution < -0.4 is 5.32 Å². The molecule has 1 fully saturated rings. The molecule has 0 saturated heterocycles. The normalized spacial score (nSPS) is 13.0. The van der Waals surface area contributed by atoms with Crippen LogP contribution in [0.4, 0.5) is 17.2 Å². The Kier molecular flexibility index (Phi) is 5.62. The summed E-state index contributed by atoms with van der Waals surface area (Å²) in [7, 11) is 0. The van der Waals surface area contributed by atoms with Gasteiger partial charge in [-0.1, -0.05) is 24.3 Å². The van der Waals surface area contributed by atoms with Crippen LogP contribution in [0.2, 0.25) is 0 Å². The van der Waals surface area contributed by atoms with Crippen molar-refractivity contribution in [2.24, 2.45) is 0 Å². The molecule has 1 N–H and O–H groups in total. The maximum absolute atomic E-state index is 11.8. The number of hydrogen-bond donors (Lipinski definition) is 1. The van der Waals surface area contributed by atoms with Gasteiger partial charge in [0, 0.05) is 54.7 Å². The number of non-ortho nitro benzene ring substituents is 1. The van der Waals surface area contributed by atoms with Gasteiger partial charge in [-0.15, -0.1) is 0 Å². The molecule has 1 heterocycles. The summed E-state index contributed by atoms with van der Waals surface area (Å²) in [5.41, 5.74) is 3.26. The molecule has 31 heavy (non-hydrogen) atoms. The molecule has 1 saturated carbocycles. The number of nitrogens with zero attached hydrogens (tertiary/aromatic N) is 4. The second-order valence-corrected chi connectivity index (χ2v) is 7.73. The smallest absolute Gasteiger partial charge is 0.270 e. The number of amides is 1. The second-order valence-electron chi connectivity index (χ2n) is 7.73. The van der Waals surface area contributed by atoms with Gasteiger partial charge in [-0.25, -0.2) is 9.97 Å². The number of anilines is 2. The molecule has 0 radical (unpaired) electrons. The summed E-state index contributed by atoms with van der Waals surface area (Å²) >= 11 is 0. The molecule has 0 unspecified atom stereocenters. The minimum atomic E-state index is -0.434. The van der Waals surface area contributed by atoms with E-state index in [0.29, 0.717) is 29.8 Å². The molecule has 2 aromatic carbocycles. The summed E-state index contributed by atoms with van der Waals surface area (Å²) in [5.74, 6) is 1.13. The Hall–Kier alpha value is -3.81. The first kappa shape index (κ1) is 20.5. The lowest BCUT2D eigenvalue weighted by atomic mass is 10.1. The SMILES string of the molecule is CC(=O)N(Cc1ccc(Nc2cc(C)nc(-c3cccc([N+](=O)[O-])c3)n2)cc1)C1CC1. The molecule has 8 heteroatoms. The van der Waals surface area contributed by atoms with Gasteiger partial charge >= 0.3 is 0 Å². The van der Waals surface area contributed by atoms with Gasteiger partial charge in [-0.3, -0.25) is 14.9 Å². The number of nitro groups is 1. The molecule has 0 atom stereocenters. The molecule has 1 aliphatic carbocycles. The van der Waals surface area contributed by atoms with Crippen molar-refractivity contribution in [2.75, 3.05) is 5.32 Å². The van der Waals surface area contributed by atoms with E-state index in [1.165, 1.54) is 12.1 Å². The van der Waals surface area contributed by atoms with Crippen LogP contribution in [0.3, 0.4) is 0 Å². The molecule has 0 bridgehead atoms. The molecule has 1 amide bonds. The van der Waals surface area contributed by atoms with Crippen molar-refractivity contribution >= 4 is 23.1 Å². The summed E-state index contributed by atoms with van der Waals surface area (Å²) < 4.78 is 0. The Morgan fingerprint density at radius 3 is 2.55 bits per heavy atom. The number of nitro benzene ring substituents is 1. The van der Waals surface area contributed by atoms with Gasteiger partial charge in [0.05, 0.1) is 4.92 Å². The Morgan fingerprint density at radius 2 is 1.90 bits per heavy atom. The zero-order valence-corrected chi connectivity index (χ0v) is 17.4. The van der Waals surface area contributed by atoms with Crippen molar-refractivity contribution in [1.82, 2.24) is 14.9 Å².